The molecule has 0 spiro atoms. The van der Waals surface area contributed by atoms with Crippen molar-refractivity contribution in [2.24, 2.45) is 5.92 Å². The smallest absolute Gasteiger partial charge is 0.306 e. The topological polar surface area (TPSA) is 95.3 Å². The molecule has 0 atom stereocenters. The van der Waals surface area contributed by atoms with E-state index in [9.17, 15) is 15.0 Å². The third-order valence-corrected chi connectivity index (χ3v) is 6.99. The average molecular weight is 424 g/mol. The van der Waals surface area contributed by atoms with Crippen LogP contribution in [0.2, 0.25) is 0 Å². The van der Waals surface area contributed by atoms with Crippen LogP contribution in [-0.2, 0) is 10.4 Å². The number of benzene rings is 1. The lowest BCUT2D eigenvalue weighted by Gasteiger charge is -2.32. The average Bonchev–Trinajstić information content (AvgIpc) is 3.21. The fourth-order valence-corrected chi connectivity index (χ4v) is 4.94. The van der Waals surface area contributed by atoms with Gasteiger partial charge in [0, 0.05) is 18.1 Å². The maximum absolute atomic E-state index is 11.2. The Labute approximate surface area is 179 Å². The molecule has 1 aliphatic carbocycles. The minimum absolute atomic E-state index is 0.365. The summed E-state index contributed by atoms with van der Waals surface area (Å²) < 4.78 is 0. The number of aliphatic carboxylic acids is 1. The number of carboxylic acid groups (broad SMARTS) is 1. The highest BCUT2D eigenvalue weighted by atomic mass is 32.1. The van der Waals surface area contributed by atoms with Gasteiger partial charge in [0.25, 0.3) is 0 Å². The Bertz CT molecular complexity index is 1070. The second-order valence-electron chi connectivity index (χ2n) is 8.05. The molecule has 0 bridgehead atoms. The molecule has 7 heteroatoms. The number of carboxylic acids is 1. The van der Waals surface area contributed by atoms with E-state index in [2.05, 4.69) is 21.4 Å². The molecule has 1 fully saturated rings. The Hall–Kier alpha value is -2.77. The maximum atomic E-state index is 11.2. The number of thiazole rings is 1. The van der Waals surface area contributed by atoms with Crippen molar-refractivity contribution >= 4 is 28.8 Å². The Morgan fingerprint density at radius 2 is 1.93 bits per heavy atom. The molecular formula is C23H25N3O3S. The molecule has 0 amide bonds. The molecule has 2 aromatic heterocycles. The summed E-state index contributed by atoms with van der Waals surface area (Å²) in [6.07, 6.45) is 5.41. The molecule has 0 saturated heterocycles. The molecule has 30 heavy (non-hydrogen) atoms. The molecular weight excluding hydrogens is 398 g/mol. The first-order valence-corrected chi connectivity index (χ1v) is 10.9. The van der Waals surface area contributed by atoms with Crippen LogP contribution in [-0.4, -0.2) is 26.2 Å². The Morgan fingerprint density at radius 1 is 1.17 bits per heavy atom. The van der Waals surface area contributed by atoms with E-state index in [1.165, 1.54) is 11.3 Å². The SMILES string of the molecule is Cc1ccnc(Nc2ccc(-c3cnc(C4(O)CCC(C(=O)O)CC4)s3)cc2C)c1. The monoisotopic (exact) mass is 423 g/mol. The van der Waals surface area contributed by atoms with Gasteiger partial charge in [0.15, 0.2) is 0 Å². The zero-order chi connectivity index (χ0) is 21.3. The highest BCUT2D eigenvalue weighted by Gasteiger charge is 2.39. The van der Waals surface area contributed by atoms with Gasteiger partial charge in [-0.15, -0.1) is 11.3 Å². The van der Waals surface area contributed by atoms with Gasteiger partial charge in [0.1, 0.15) is 16.4 Å². The van der Waals surface area contributed by atoms with Crippen molar-refractivity contribution in [1.82, 2.24) is 9.97 Å². The molecule has 0 radical (unpaired) electrons. The molecule has 0 aliphatic heterocycles. The van der Waals surface area contributed by atoms with E-state index >= 15 is 0 Å². The highest BCUT2D eigenvalue weighted by Crippen LogP contribution is 2.42. The molecule has 3 aromatic rings. The van der Waals surface area contributed by atoms with E-state index in [4.69, 9.17) is 0 Å². The number of pyridine rings is 1. The van der Waals surface area contributed by atoms with Crippen LogP contribution in [0, 0.1) is 19.8 Å². The number of aryl methyl sites for hydroxylation is 2. The standard InChI is InChI=1S/C23H25N3O3S/c1-14-7-10-24-20(11-14)26-18-4-3-17(12-15(18)2)19-13-25-22(30-19)23(29)8-5-16(6-9-23)21(27)28/h3-4,7,10-13,16,29H,5-6,8-9H2,1-2H3,(H,24,26)(H,27,28). The Kier molecular flexibility index (Phi) is 5.58. The summed E-state index contributed by atoms with van der Waals surface area (Å²) in [5.41, 5.74) is 3.25. The molecule has 6 nitrogen and oxygen atoms in total. The van der Waals surface area contributed by atoms with Crippen molar-refractivity contribution in [3.8, 4) is 10.4 Å². The first kappa shape index (κ1) is 20.5. The second-order valence-corrected chi connectivity index (χ2v) is 9.08. The second kappa shape index (κ2) is 8.16. The van der Waals surface area contributed by atoms with Crippen LogP contribution in [0.5, 0.6) is 0 Å². The van der Waals surface area contributed by atoms with E-state index in [0.29, 0.717) is 30.7 Å². The third-order valence-electron chi connectivity index (χ3n) is 5.75. The number of aromatic nitrogens is 2. The summed E-state index contributed by atoms with van der Waals surface area (Å²) in [6, 6.07) is 10.1. The van der Waals surface area contributed by atoms with Crippen LogP contribution in [0.3, 0.4) is 0 Å². The molecule has 0 unspecified atom stereocenters. The number of hydrogen-bond acceptors (Lipinski definition) is 6. The lowest BCUT2D eigenvalue weighted by Crippen LogP contribution is -2.33. The van der Waals surface area contributed by atoms with Crippen LogP contribution >= 0.6 is 11.3 Å². The third kappa shape index (κ3) is 4.22. The number of carbonyl (C=O) groups is 1. The Morgan fingerprint density at radius 3 is 2.60 bits per heavy atom. The van der Waals surface area contributed by atoms with Crippen LogP contribution in [0.15, 0.2) is 42.7 Å². The van der Waals surface area contributed by atoms with Crippen molar-refractivity contribution in [3.05, 3.63) is 58.9 Å². The minimum atomic E-state index is -1.03. The van der Waals surface area contributed by atoms with Crippen LogP contribution in [0.4, 0.5) is 11.5 Å². The van der Waals surface area contributed by atoms with Crippen molar-refractivity contribution in [1.29, 1.82) is 0 Å². The summed E-state index contributed by atoms with van der Waals surface area (Å²) >= 11 is 1.48. The van der Waals surface area contributed by atoms with Crippen LogP contribution in [0.25, 0.3) is 10.4 Å². The largest absolute Gasteiger partial charge is 0.481 e. The number of hydrogen-bond donors (Lipinski definition) is 3. The van der Waals surface area contributed by atoms with E-state index in [0.717, 1.165) is 33.1 Å². The molecule has 1 aliphatic rings. The number of aliphatic hydroxyl groups is 1. The van der Waals surface area contributed by atoms with Gasteiger partial charge in [-0.1, -0.05) is 6.07 Å². The molecule has 1 saturated carbocycles. The fourth-order valence-electron chi connectivity index (χ4n) is 3.88. The molecule has 4 rings (SSSR count). The predicted octanol–water partition coefficient (Wildman–Crippen LogP) is 5.03. The van der Waals surface area contributed by atoms with E-state index < -0.39 is 11.6 Å². The predicted molar refractivity (Wildman–Crippen MR) is 118 cm³/mol. The van der Waals surface area contributed by atoms with Gasteiger partial charge in [-0.05, 0) is 80.5 Å². The normalized spacial score (nSPS) is 21.4. The number of nitrogens with one attached hydrogen (secondary N) is 1. The first-order chi connectivity index (χ1) is 14.3. The summed E-state index contributed by atoms with van der Waals surface area (Å²) in [6.45, 7) is 4.08. The van der Waals surface area contributed by atoms with Gasteiger partial charge in [-0.25, -0.2) is 9.97 Å². The zero-order valence-corrected chi connectivity index (χ0v) is 17.9. The lowest BCUT2D eigenvalue weighted by atomic mass is 9.79. The summed E-state index contributed by atoms with van der Waals surface area (Å²) in [7, 11) is 0. The van der Waals surface area contributed by atoms with Crippen molar-refractivity contribution in [2.45, 2.75) is 45.1 Å². The van der Waals surface area contributed by atoms with Gasteiger partial charge in [-0.2, -0.15) is 0 Å². The lowest BCUT2D eigenvalue weighted by molar-refractivity contribution is -0.145. The molecule has 2 heterocycles. The summed E-state index contributed by atoms with van der Waals surface area (Å²) in [5, 5.41) is 24.2. The van der Waals surface area contributed by atoms with E-state index in [-0.39, 0.29) is 5.92 Å². The van der Waals surface area contributed by atoms with E-state index in [1.807, 2.05) is 38.1 Å². The summed E-state index contributed by atoms with van der Waals surface area (Å²) in [4.78, 5) is 21.0. The van der Waals surface area contributed by atoms with Crippen LogP contribution < -0.4 is 5.32 Å². The maximum Gasteiger partial charge on any atom is 0.306 e. The molecule has 3 N–H and O–H groups in total. The zero-order valence-electron chi connectivity index (χ0n) is 17.1. The summed E-state index contributed by atoms with van der Waals surface area (Å²) in [5.74, 6) is -0.331. The van der Waals surface area contributed by atoms with Crippen molar-refractivity contribution < 1.29 is 15.0 Å². The van der Waals surface area contributed by atoms with Crippen LogP contribution in [0.1, 0.15) is 41.8 Å². The number of nitrogens with zero attached hydrogens (tertiary/aromatic N) is 2. The number of anilines is 2. The van der Waals surface area contributed by atoms with Crippen molar-refractivity contribution in [2.75, 3.05) is 5.32 Å². The quantitative estimate of drug-likeness (QED) is 0.533. The van der Waals surface area contributed by atoms with E-state index in [1.54, 1.807) is 12.4 Å². The minimum Gasteiger partial charge on any atom is -0.481 e. The number of rotatable bonds is 5. The van der Waals surface area contributed by atoms with Gasteiger partial charge in [0.05, 0.1) is 10.8 Å². The highest BCUT2D eigenvalue weighted by molar-refractivity contribution is 7.15. The Balaban J connectivity index is 1.51. The fraction of sp³-hybridized carbons (Fsp3) is 0.348. The van der Waals surface area contributed by atoms with Gasteiger partial charge in [-0.3, -0.25) is 4.79 Å². The first-order valence-electron chi connectivity index (χ1n) is 10.1. The van der Waals surface area contributed by atoms with Gasteiger partial charge in [0.2, 0.25) is 0 Å². The molecule has 156 valence electrons. The van der Waals surface area contributed by atoms with Gasteiger partial charge >= 0.3 is 5.97 Å². The van der Waals surface area contributed by atoms with Gasteiger partial charge < -0.3 is 15.5 Å². The van der Waals surface area contributed by atoms with Crippen molar-refractivity contribution in [3.63, 3.8) is 0 Å². The molecule has 1 aromatic carbocycles.